The third-order valence-corrected chi connectivity index (χ3v) is 7.13. The average molecular weight is 516 g/mol. The fourth-order valence-electron chi connectivity index (χ4n) is 3.07. The fourth-order valence-corrected chi connectivity index (χ4v) is 4.98. The van der Waals surface area contributed by atoms with Crippen molar-refractivity contribution in [2.24, 2.45) is 0 Å². The summed E-state index contributed by atoms with van der Waals surface area (Å²) >= 11 is 7.04. The Morgan fingerprint density at radius 2 is 1.82 bits per heavy atom. The van der Waals surface area contributed by atoms with Gasteiger partial charge in [0.15, 0.2) is 16.6 Å². The van der Waals surface area contributed by atoms with E-state index in [2.05, 4.69) is 15.0 Å². The minimum absolute atomic E-state index is 0.0701. The van der Waals surface area contributed by atoms with Gasteiger partial charge in [0.25, 0.3) is 15.9 Å². The van der Waals surface area contributed by atoms with Crippen LogP contribution in [0.5, 0.6) is 11.5 Å². The normalized spacial score (nSPS) is 11.1. The molecule has 0 spiro atoms. The first-order valence-corrected chi connectivity index (χ1v) is 12.5. The molecule has 0 saturated carbocycles. The number of ether oxygens (including phenoxy) is 1. The molecule has 8 nitrogen and oxygen atoms in total. The van der Waals surface area contributed by atoms with Crippen molar-refractivity contribution in [3.63, 3.8) is 0 Å². The molecular formula is C23H18ClN3O5S2. The summed E-state index contributed by atoms with van der Waals surface area (Å²) in [5.74, 6) is -0.363. The molecule has 3 N–H and O–H groups in total. The molecule has 4 aromatic rings. The van der Waals surface area contributed by atoms with Gasteiger partial charge in [-0.2, -0.15) is 0 Å². The number of carbonyl (C=O) groups is 1. The standard InChI is InChI=1S/C23H18ClN3O5S2/c1-32-21-11-6-14(12-20(21)28)22(29)26-23-25-19(13-33-23)17-4-2-3-5-18(17)27-34(30,31)16-9-7-15(24)8-10-16/h2-13,27-28H,1H3,(H,25,26,29). The predicted octanol–water partition coefficient (Wildman–Crippen LogP) is 5.23. The topological polar surface area (TPSA) is 118 Å². The summed E-state index contributed by atoms with van der Waals surface area (Å²) in [4.78, 5) is 17.0. The van der Waals surface area contributed by atoms with Gasteiger partial charge in [-0.3, -0.25) is 14.8 Å². The van der Waals surface area contributed by atoms with Gasteiger partial charge in [-0.25, -0.2) is 13.4 Å². The molecule has 1 amide bonds. The molecule has 0 saturated heterocycles. The molecule has 0 unspecified atom stereocenters. The first-order valence-electron chi connectivity index (χ1n) is 9.78. The number of benzene rings is 3. The van der Waals surface area contributed by atoms with Crippen molar-refractivity contribution in [1.82, 2.24) is 4.98 Å². The third-order valence-electron chi connectivity index (χ3n) is 4.74. The largest absolute Gasteiger partial charge is 0.504 e. The number of rotatable bonds is 7. The highest BCUT2D eigenvalue weighted by atomic mass is 35.5. The lowest BCUT2D eigenvalue weighted by molar-refractivity contribution is 0.102. The molecule has 11 heteroatoms. The van der Waals surface area contributed by atoms with Gasteiger partial charge in [0.1, 0.15) is 0 Å². The zero-order valence-electron chi connectivity index (χ0n) is 17.7. The summed E-state index contributed by atoms with van der Waals surface area (Å²) in [6, 6.07) is 16.9. The highest BCUT2D eigenvalue weighted by Gasteiger charge is 2.18. The van der Waals surface area contributed by atoms with Crippen LogP contribution >= 0.6 is 22.9 Å². The number of aromatic nitrogens is 1. The minimum Gasteiger partial charge on any atom is -0.504 e. The van der Waals surface area contributed by atoms with Crippen molar-refractivity contribution in [1.29, 1.82) is 0 Å². The number of phenolic OH excluding ortho intramolecular Hbond substituents is 1. The number of sulfonamides is 1. The Balaban J connectivity index is 1.55. The number of para-hydroxylation sites is 1. The lowest BCUT2D eigenvalue weighted by atomic mass is 10.1. The lowest BCUT2D eigenvalue weighted by Crippen LogP contribution is -2.13. The van der Waals surface area contributed by atoms with E-state index >= 15 is 0 Å². The monoisotopic (exact) mass is 515 g/mol. The number of nitrogens with one attached hydrogen (secondary N) is 2. The van der Waals surface area contributed by atoms with Crippen molar-refractivity contribution < 1.29 is 23.1 Å². The third kappa shape index (κ3) is 5.14. The van der Waals surface area contributed by atoms with Gasteiger partial charge in [0.2, 0.25) is 0 Å². The Morgan fingerprint density at radius 3 is 2.53 bits per heavy atom. The van der Waals surface area contributed by atoms with Crippen LogP contribution in [0, 0.1) is 0 Å². The van der Waals surface area contributed by atoms with E-state index in [4.69, 9.17) is 16.3 Å². The summed E-state index contributed by atoms with van der Waals surface area (Å²) < 4.78 is 33.2. The maximum absolute atomic E-state index is 12.8. The maximum Gasteiger partial charge on any atom is 0.261 e. The Kier molecular flexibility index (Phi) is 6.73. The number of hydrogen-bond donors (Lipinski definition) is 3. The van der Waals surface area contributed by atoms with Crippen LogP contribution in [0.4, 0.5) is 10.8 Å². The summed E-state index contributed by atoms with van der Waals surface area (Å²) in [5, 5.41) is 15.0. The fraction of sp³-hybridized carbons (Fsp3) is 0.0435. The van der Waals surface area contributed by atoms with Crippen molar-refractivity contribution >= 4 is 49.7 Å². The number of nitrogens with zero attached hydrogens (tertiary/aromatic N) is 1. The van der Waals surface area contributed by atoms with E-state index in [0.717, 1.165) is 0 Å². The first-order chi connectivity index (χ1) is 16.3. The average Bonchev–Trinajstić information content (AvgIpc) is 3.27. The van der Waals surface area contributed by atoms with Gasteiger partial charge in [-0.1, -0.05) is 29.8 Å². The number of hydrogen-bond acceptors (Lipinski definition) is 7. The Morgan fingerprint density at radius 1 is 1.09 bits per heavy atom. The summed E-state index contributed by atoms with van der Waals surface area (Å²) in [6.07, 6.45) is 0. The van der Waals surface area contributed by atoms with Crippen molar-refractivity contribution in [3.8, 4) is 22.8 Å². The number of methoxy groups -OCH3 is 1. The highest BCUT2D eigenvalue weighted by molar-refractivity contribution is 7.92. The molecule has 0 atom stereocenters. The van der Waals surface area contributed by atoms with Crippen LogP contribution < -0.4 is 14.8 Å². The number of halogens is 1. The number of carbonyl (C=O) groups excluding carboxylic acids is 1. The predicted molar refractivity (Wildman–Crippen MR) is 132 cm³/mol. The molecule has 1 heterocycles. The number of anilines is 2. The van der Waals surface area contributed by atoms with Crippen LogP contribution in [-0.4, -0.2) is 31.5 Å². The second-order valence-electron chi connectivity index (χ2n) is 6.98. The van der Waals surface area contributed by atoms with Gasteiger partial charge in [-0.15, -0.1) is 11.3 Å². The van der Waals surface area contributed by atoms with Crippen molar-refractivity contribution in [2.45, 2.75) is 4.90 Å². The summed E-state index contributed by atoms with van der Waals surface area (Å²) in [5.41, 5.74) is 1.58. The van der Waals surface area contributed by atoms with Crippen LogP contribution in [0.2, 0.25) is 5.02 Å². The van der Waals surface area contributed by atoms with Gasteiger partial charge >= 0.3 is 0 Å². The van der Waals surface area contributed by atoms with E-state index in [1.165, 1.54) is 60.9 Å². The molecule has 0 aliphatic carbocycles. The smallest absolute Gasteiger partial charge is 0.261 e. The second-order valence-corrected chi connectivity index (χ2v) is 9.96. The van der Waals surface area contributed by atoms with Crippen LogP contribution in [0.1, 0.15) is 10.4 Å². The quantitative estimate of drug-likeness (QED) is 0.310. The lowest BCUT2D eigenvalue weighted by Gasteiger charge is -2.11. The van der Waals surface area contributed by atoms with Crippen LogP contribution in [0.15, 0.2) is 77.0 Å². The molecule has 0 aliphatic heterocycles. The van der Waals surface area contributed by atoms with Gasteiger partial charge in [0, 0.05) is 21.5 Å². The molecule has 174 valence electrons. The number of phenols is 1. The molecule has 34 heavy (non-hydrogen) atoms. The number of thiazole rings is 1. The van der Waals surface area contributed by atoms with Crippen LogP contribution in [0.3, 0.4) is 0 Å². The molecule has 0 radical (unpaired) electrons. The van der Waals surface area contributed by atoms with E-state index in [1.54, 1.807) is 29.6 Å². The van der Waals surface area contributed by atoms with Gasteiger partial charge in [-0.05, 0) is 48.5 Å². The van der Waals surface area contributed by atoms with E-state index in [-0.39, 0.29) is 22.0 Å². The van der Waals surface area contributed by atoms with E-state index in [0.29, 0.717) is 27.1 Å². The molecule has 4 rings (SSSR count). The Labute approximate surface area is 204 Å². The zero-order chi connectivity index (χ0) is 24.3. The number of amides is 1. The minimum atomic E-state index is -3.86. The molecule has 1 aromatic heterocycles. The van der Waals surface area contributed by atoms with Crippen LogP contribution in [-0.2, 0) is 10.0 Å². The molecule has 0 aliphatic rings. The zero-order valence-corrected chi connectivity index (χ0v) is 20.0. The van der Waals surface area contributed by atoms with Gasteiger partial charge < -0.3 is 9.84 Å². The van der Waals surface area contributed by atoms with E-state index in [1.807, 2.05) is 0 Å². The van der Waals surface area contributed by atoms with Crippen molar-refractivity contribution in [2.75, 3.05) is 17.1 Å². The maximum atomic E-state index is 12.8. The summed E-state index contributed by atoms with van der Waals surface area (Å²) in [7, 11) is -2.44. The highest BCUT2D eigenvalue weighted by Crippen LogP contribution is 2.33. The second kappa shape index (κ2) is 9.72. The van der Waals surface area contributed by atoms with Gasteiger partial charge in [0.05, 0.1) is 23.4 Å². The summed E-state index contributed by atoms with van der Waals surface area (Å²) in [6.45, 7) is 0. The molecule has 3 aromatic carbocycles. The SMILES string of the molecule is COc1ccc(C(=O)Nc2nc(-c3ccccc3NS(=O)(=O)c3ccc(Cl)cc3)cs2)cc1O. The van der Waals surface area contributed by atoms with Crippen molar-refractivity contribution in [3.05, 3.63) is 82.7 Å². The molecular weight excluding hydrogens is 498 g/mol. The van der Waals surface area contributed by atoms with Crippen LogP contribution in [0.25, 0.3) is 11.3 Å². The molecule has 0 bridgehead atoms. The van der Waals surface area contributed by atoms with E-state index in [9.17, 15) is 18.3 Å². The Hall–Kier alpha value is -3.60. The number of aromatic hydroxyl groups is 1. The first kappa shape index (κ1) is 23.6. The molecule has 0 fully saturated rings. The Bertz CT molecular complexity index is 1450. The van der Waals surface area contributed by atoms with E-state index < -0.39 is 15.9 Å².